The van der Waals surface area contributed by atoms with Crippen LogP contribution in [0.5, 0.6) is 0 Å². The number of benzene rings is 1. The number of para-hydroxylation sites is 1. The molecule has 4 rings (SSSR count). The minimum Gasteiger partial charge on any atom is -0.449 e. The number of fused-ring (bicyclic) bond motifs is 1. The maximum absolute atomic E-state index is 14.0. The molecule has 0 aliphatic heterocycles. The lowest BCUT2D eigenvalue weighted by molar-refractivity contribution is 0.160. The summed E-state index contributed by atoms with van der Waals surface area (Å²) in [6.45, 7) is 2.31. The Morgan fingerprint density at radius 1 is 1.29 bits per heavy atom. The smallest absolute Gasteiger partial charge is 0.412 e. The van der Waals surface area contributed by atoms with Crippen molar-refractivity contribution in [3.63, 3.8) is 0 Å². The second-order valence-corrected chi connectivity index (χ2v) is 6.72. The molecule has 160 valence electrons. The number of aliphatic hydroxyl groups excluding tert-OH is 1. The first kappa shape index (κ1) is 20.4. The highest BCUT2D eigenvalue weighted by molar-refractivity contribution is 5.88. The number of hydrogen-bond acceptors (Lipinski definition) is 7. The van der Waals surface area contributed by atoms with E-state index in [1.165, 1.54) is 27.8 Å². The highest BCUT2D eigenvalue weighted by Crippen LogP contribution is 2.25. The molecule has 1 amide bonds. The number of anilines is 1. The molecule has 0 spiro atoms. The molecule has 1 aromatic carbocycles. The number of nitrogens with zero attached hydrogens (tertiary/aromatic N) is 6. The zero-order chi connectivity index (χ0) is 21.8. The number of nitrogens with one attached hydrogen (secondary N) is 1. The summed E-state index contributed by atoms with van der Waals surface area (Å²) in [4.78, 5) is 16.0. The lowest BCUT2D eigenvalue weighted by atomic mass is 10.2. The summed E-state index contributed by atoms with van der Waals surface area (Å²) in [7, 11) is 0. The quantitative estimate of drug-likeness (QED) is 0.437. The van der Waals surface area contributed by atoms with Crippen LogP contribution >= 0.6 is 0 Å². The zero-order valence-corrected chi connectivity index (χ0v) is 16.6. The van der Waals surface area contributed by atoms with Crippen molar-refractivity contribution in [3.05, 3.63) is 66.1 Å². The molecule has 10 nitrogen and oxygen atoms in total. The van der Waals surface area contributed by atoms with E-state index in [0.29, 0.717) is 17.8 Å². The molecule has 0 saturated heterocycles. The normalized spacial score (nSPS) is 12.1. The largest absolute Gasteiger partial charge is 0.449 e. The van der Waals surface area contributed by atoms with Crippen molar-refractivity contribution in [2.24, 2.45) is 0 Å². The molecular weight excluding hydrogens is 405 g/mol. The highest BCUT2D eigenvalue weighted by Gasteiger charge is 2.21. The van der Waals surface area contributed by atoms with Crippen LogP contribution in [0.1, 0.15) is 37.3 Å². The minimum absolute atomic E-state index is 0.204. The summed E-state index contributed by atoms with van der Waals surface area (Å²) < 4.78 is 21.8. The molecule has 3 heterocycles. The zero-order valence-electron chi connectivity index (χ0n) is 16.6. The molecule has 1 unspecified atom stereocenters. The Kier molecular flexibility index (Phi) is 5.85. The van der Waals surface area contributed by atoms with Gasteiger partial charge in [0.2, 0.25) is 0 Å². The average Bonchev–Trinajstić information content (AvgIpc) is 3.42. The van der Waals surface area contributed by atoms with Crippen LogP contribution in [-0.2, 0) is 4.74 Å². The second kappa shape index (κ2) is 8.88. The number of carbonyl (C=O) groups is 1. The van der Waals surface area contributed by atoms with Crippen LogP contribution in [0.4, 0.5) is 15.0 Å². The summed E-state index contributed by atoms with van der Waals surface area (Å²) in [6, 6.07) is 9.40. The Balaban J connectivity index is 1.58. The lowest BCUT2D eigenvalue weighted by Gasteiger charge is -2.09. The van der Waals surface area contributed by atoms with Gasteiger partial charge in [-0.1, -0.05) is 30.7 Å². The number of aromatic nitrogens is 6. The van der Waals surface area contributed by atoms with Gasteiger partial charge in [0.1, 0.15) is 35.1 Å². The molecule has 3 aromatic heterocycles. The van der Waals surface area contributed by atoms with E-state index >= 15 is 0 Å². The number of amides is 1. The van der Waals surface area contributed by atoms with Crippen LogP contribution in [0.15, 0.2) is 48.9 Å². The van der Waals surface area contributed by atoms with E-state index in [1.807, 2.05) is 6.92 Å². The van der Waals surface area contributed by atoms with E-state index in [9.17, 15) is 14.3 Å². The Morgan fingerprint density at radius 2 is 2.13 bits per heavy atom. The SMILES string of the molecule is CCCCOC(=O)Nc1ncnn2c(C(O)c3cn(-c4ccccc4F)nn3)ccc12. The predicted molar refractivity (Wildman–Crippen MR) is 108 cm³/mol. The number of aliphatic hydroxyl groups is 1. The van der Waals surface area contributed by atoms with Crippen molar-refractivity contribution in [1.29, 1.82) is 0 Å². The van der Waals surface area contributed by atoms with Crippen molar-refractivity contribution >= 4 is 17.4 Å². The third kappa shape index (κ3) is 4.21. The predicted octanol–water partition coefficient (Wildman–Crippen LogP) is 2.88. The Bertz CT molecular complexity index is 1210. The van der Waals surface area contributed by atoms with Gasteiger partial charge in [0.25, 0.3) is 0 Å². The van der Waals surface area contributed by atoms with Crippen LogP contribution in [-0.4, -0.2) is 47.4 Å². The van der Waals surface area contributed by atoms with Gasteiger partial charge in [-0.05, 0) is 30.7 Å². The van der Waals surface area contributed by atoms with Gasteiger partial charge in [0.15, 0.2) is 5.82 Å². The van der Waals surface area contributed by atoms with Crippen LogP contribution in [0.3, 0.4) is 0 Å². The van der Waals surface area contributed by atoms with E-state index in [2.05, 4.69) is 25.7 Å². The minimum atomic E-state index is -1.19. The third-order valence-corrected chi connectivity index (χ3v) is 4.60. The Labute approximate surface area is 176 Å². The van der Waals surface area contributed by atoms with Crippen LogP contribution < -0.4 is 5.32 Å². The molecule has 0 fully saturated rings. The topological polar surface area (TPSA) is 119 Å². The molecule has 1 atom stereocenters. The first-order valence-corrected chi connectivity index (χ1v) is 9.70. The van der Waals surface area contributed by atoms with E-state index < -0.39 is 18.0 Å². The van der Waals surface area contributed by atoms with Crippen LogP contribution in [0.25, 0.3) is 11.2 Å². The van der Waals surface area contributed by atoms with E-state index in [4.69, 9.17) is 4.74 Å². The van der Waals surface area contributed by atoms with Gasteiger partial charge in [-0.2, -0.15) is 5.10 Å². The Hall–Kier alpha value is -3.86. The number of ether oxygens (including phenoxy) is 1. The summed E-state index contributed by atoms with van der Waals surface area (Å²) in [6.07, 6.45) is 2.55. The molecule has 0 radical (unpaired) electrons. The standard InChI is InChI=1S/C20H20FN7O3/c1-2-3-10-31-20(30)24-19-17-9-8-16(28(17)23-12-22-19)18(29)14-11-27(26-25-14)15-7-5-4-6-13(15)21/h4-9,11-12,18,29H,2-3,10H2,1H3,(H,22,23,24,30). The summed E-state index contributed by atoms with van der Waals surface area (Å²) in [5.74, 6) is -0.221. The summed E-state index contributed by atoms with van der Waals surface area (Å²) in [5, 5.41) is 25.4. The third-order valence-electron chi connectivity index (χ3n) is 4.60. The first-order valence-electron chi connectivity index (χ1n) is 9.70. The molecule has 31 heavy (non-hydrogen) atoms. The number of carbonyl (C=O) groups excluding carboxylic acids is 1. The fourth-order valence-electron chi connectivity index (χ4n) is 3.01. The maximum atomic E-state index is 14.0. The van der Waals surface area contributed by atoms with Gasteiger partial charge in [-0.25, -0.2) is 23.4 Å². The number of halogens is 1. The van der Waals surface area contributed by atoms with Crippen molar-refractivity contribution < 1.29 is 19.0 Å². The first-order chi connectivity index (χ1) is 15.1. The average molecular weight is 425 g/mol. The molecule has 0 aliphatic rings. The fourth-order valence-corrected chi connectivity index (χ4v) is 3.01. The van der Waals surface area contributed by atoms with Crippen LogP contribution in [0.2, 0.25) is 0 Å². The molecule has 0 saturated carbocycles. The molecule has 11 heteroatoms. The highest BCUT2D eigenvalue weighted by atomic mass is 19.1. The maximum Gasteiger partial charge on any atom is 0.412 e. The van der Waals surface area contributed by atoms with Gasteiger partial charge in [-0.3, -0.25) is 5.32 Å². The monoisotopic (exact) mass is 425 g/mol. The van der Waals surface area contributed by atoms with Gasteiger partial charge in [0.05, 0.1) is 18.5 Å². The van der Waals surface area contributed by atoms with E-state index in [0.717, 1.165) is 12.8 Å². The second-order valence-electron chi connectivity index (χ2n) is 6.72. The van der Waals surface area contributed by atoms with Gasteiger partial charge < -0.3 is 9.84 Å². The molecule has 4 aromatic rings. The van der Waals surface area contributed by atoms with Gasteiger partial charge in [-0.15, -0.1) is 5.10 Å². The number of unbranched alkanes of at least 4 members (excludes halogenated alkanes) is 1. The number of rotatable bonds is 7. The Morgan fingerprint density at radius 3 is 2.94 bits per heavy atom. The fraction of sp³-hybridized carbons (Fsp3) is 0.250. The van der Waals surface area contributed by atoms with Crippen molar-refractivity contribution in [2.75, 3.05) is 11.9 Å². The number of hydrogen-bond donors (Lipinski definition) is 2. The van der Waals surface area contributed by atoms with Gasteiger partial charge >= 0.3 is 6.09 Å². The molecule has 0 aliphatic carbocycles. The molecule has 0 bridgehead atoms. The molecule has 2 N–H and O–H groups in total. The van der Waals surface area contributed by atoms with Crippen LogP contribution in [0, 0.1) is 5.82 Å². The summed E-state index contributed by atoms with van der Waals surface area (Å²) >= 11 is 0. The van der Waals surface area contributed by atoms with Crippen molar-refractivity contribution in [1.82, 2.24) is 29.6 Å². The van der Waals surface area contributed by atoms with Crippen molar-refractivity contribution in [2.45, 2.75) is 25.9 Å². The molecular formula is C20H20FN7O3. The van der Waals surface area contributed by atoms with E-state index in [-0.39, 0.29) is 17.2 Å². The van der Waals surface area contributed by atoms with Crippen molar-refractivity contribution in [3.8, 4) is 5.69 Å². The van der Waals surface area contributed by atoms with Gasteiger partial charge in [0, 0.05) is 0 Å². The summed E-state index contributed by atoms with van der Waals surface area (Å²) in [5.41, 5.74) is 1.25. The lowest BCUT2D eigenvalue weighted by Crippen LogP contribution is -2.16. The van der Waals surface area contributed by atoms with E-state index in [1.54, 1.807) is 30.3 Å².